The third kappa shape index (κ3) is 3.50. The summed E-state index contributed by atoms with van der Waals surface area (Å²) in [5.41, 5.74) is 1.95. The van der Waals surface area contributed by atoms with Gasteiger partial charge in [-0.2, -0.15) is 4.98 Å². The van der Waals surface area contributed by atoms with E-state index in [0.717, 1.165) is 11.3 Å². The van der Waals surface area contributed by atoms with Crippen molar-refractivity contribution in [1.29, 1.82) is 0 Å². The lowest BCUT2D eigenvalue weighted by Gasteiger charge is -2.27. The van der Waals surface area contributed by atoms with Crippen molar-refractivity contribution in [2.45, 2.75) is 25.2 Å². The summed E-state index contributed by atoms with van der Waals surface area (Å²) in [7, 11) is 0. The molecule has 7 nitrogen and oxygen atoms in total. The third-order valence-electron chi connectivity index (χ3n) is 4.12. The molecule has 0 saturated heterocycles. The Morgan fingerprint density at radius 2 is 2.11 bits per heavy atom. The van der Waals surface area contributed by atoms with Gasteiger partial charge in [0.2, 0.25) is 23.2 Å². The Kier molecular flexibility index (Phi) is 5.12. The van der Waals surface area contributed by atoms with Crippen LogP contribution in [0.4, 0.5) is 5.69 Å². The molecule has 0 aliphatic carbocycles. The quantitative estimate of drug-likeness (QED) is 0.618. The molecule has 1 aromatic carbocycles. The molecule has 28 heavy (non-hydrogen) atoms. The van der Waals surface area contributed by atoms with Crippen molar-refractivity contribution < 1.29 is 13.9 Å². The van der Waals surface area contributed by atoms with Crippen LogP contribution >= 0.6 is 11.8 Å². The fourth-order valence-electron chi connectivity index (χ4n) is 2.96. The van der Waals surface area contributed by atoms with Gasteiger partial charge >= 0.3 is 0 Å². The van der Waals surface area contributed by atoms with E-state index in [9.17, 15) is 4.79 Å². The minimum Gasteiger partial charge on any atom is -0.465 e. The first-order chi connectivity index (χ1) is 13.7. The minimum atomic E-state index is -0.707. The monoisotopic (exact) mass is 394 g/mol. The number of thioether (sulfide) groups is 1. The van der Waals surface area contributed by atoms with Crippen LogP contribution in [0.25, 0.3) is 17.3 Å². The highest BCUT2D eigenvalue weighted by Gasteiger charge is 2.32. The molecule has 3 aromatic rings. The second-order valence-electron chi connectivity index (χ2n) is 5.97. The highest BCUT2D eigenvalue weighted by atomic mass is 32.2. The van der Waals surface area contributed by atoms with Crippen molar-refractivity contribution in [3.63, 3.8) is 0 Å². The molecular formula is C20H18N4O3S. The Morgan fingerprint density at radius 1 is 1.25 bits per heavy atom. The maximum Gasteiger partial charge on any atom is 0.247 e. The Morgan fingerprint density at radius 3 is 2.86 bits per heavy atom. The first-order valence-electron chi connectivity index (χ1n) is 8.82. The second kappa shape index (κ2) is 7.85. The lowest BCUT2D eigenvalue weighted by molar-refractivity contribution is -0.117. The summed E-state index contributed by atoms with van der Waals surface area (Å²) in [6.07, 6.45) is 4.42. The Balaban J connectivity index is 1.85. The highest BCUT2D eigenvalue weighted by molar-refractivity contribution is 7.99. The van der Waals surface area contributed by atoms with Crippen LogP contribution in [0.3, 0.4) is 0 Å². The van der Waals surface area contributed by atoms with E-state index in [4.69, 9.17) is 9.15 Å². The van der Waals surface area contributed by atoms with Gasteiger partial charge in [0, 0.05) is 12.5 Å². The molecule has 0 spiro atoms. The van der Waals surface area contributed by atoms with Gasteiger partial charge in [-0.25, -0.2) is 0 Å². The van der Waals surface area contributed by atoms with Gasteiger partial charge in [-0.3, -0.25) is 9.69 Å². The Labute approximate surface area is 166 Å². The van der Waals surface area contributed by atoms with E-state index >= 15 is 0 Å². The van der Waals surface area contributed by atoms with Gasteiger partial charge in [-0.1, -0.05) is 36.9 Å². The van der Waals surface area contributed by atoms with Gasteiger partial charge in [-0.05, 0) is 36.1 Å². The number of rotatable bonds is 4. The molecule has 3 heterocycles. The second-order valence-corrected chi connectivity index (χ2v) is 7.20. The molecule has 1 amide bonds. The van der Waals surface area contributed by atoms with Crippen LogP contribution in [0.5, 0.6) is 5.88 Å². The summed E-state index contributed by atoms with van der Waals surface area (Å²) in [6, 6.07) is 11.1. The number of para-hydroxylation sites is 1. The molecule has 0 N–H and O–H groups in total. The summed E-state index contributed by atoms with van der Waals surface area (Å²) in [5, 5.41) is 9.06. The lowest BCUT2D eigenvalue weighted by Crippen LogP contribution is -2.41. The number of furan rings is 1. The molecule has 0 bridgehead atoms. The molecule has 1 aliphatic heterocycles. The number of carbonyl (C=O) groups is 1. The van der Waals surface area contributed by atoms with E-state index in [0.29, 0.717) is 28.2 Å². The van der Waals surface area contributed by atoms with Crippen LogP contribution in [0.15, 0.2) is 58.3 Å². The van der Waals surface area contributed by atoms with Crippen molar-refractivity contribution in [3.05, 3.63) is 54.5 Å². The van der Waals surface area contributed by atoms with Gasteiger partial charge in [0.25, 0.3) is 0 Å². The van der Waals surface area contributed by atoms with E-state index in [1.54, 1.807) is 29.4 Å². The fourth-order valence-corrected chi connectivity index (χ4v) is 3.47. The maximum absolute atomic E-state index is 12.5. The zero-order valence-corrected chi connectivity index (χ0v) is 16.2. The van der Waals surface area contributed by atoms with Crippen molar-refractivity contribution >= 4 is 29.4 Å². The van der Waals surface area contributed by atoms with Gasteiger partial charge in [0.05, 0.1) is 12.0 Å². The SMILES string of the molecule is CCSc1nnc2c(n1)OC(/C=C/c1ccco1)N(C(C)=O)c1ccccc1-2. The molecule has 8 heteroatoms. The van der Waals surface area contributed by atoms with Crippen LogP contribution in [0, 0.1) is 0 Å². The Bertz CT molecular complexity index is 1020. The van der Waals surface area contributed by atoms with Crippen molar-refractivity contribution in [2.24, 2.45) is 0 Å². The zero-order valence-electron chi connectivity index (χ0n) is 15.4. The largest absolute Gasteiger partial charge is 0.465 e. The molecule has 0 fully saturated rings. The topological polar surface area (TPSA) is 81.3 Å². The number of benzene rings is 1. The summed E-state index contributed by atoms with van der Waals surface area (Å²) in [6.45, 7) is 3.52. The van der Waals surface area contributed by atoms with Crippen molar-refractivity contribution in [1.82, 2.24) is 15.2 Å². The number of hydrogen-bond acceptors (Lipinski definition) is 7. The van der Waals surface area contributed by atoms with Crippen LogP contribution in [0.2, 0.25) is 0 Å². The number of anilines is 1. The molecule has 1 unspecified atom stereocenters. The van der Waals surface area contributed by atoms with Crippen molar-refractivity contribution in [2.75, 3.05) is 10.7 Å². The third-order valence-corrected chi connectivity index (χ3v) is 4.84. The van der Waals surface area contributed by atoms with E-state index in [1.807, 2.05) is 37.3 Å². The molecule has 2 aromatic heterocycles. The molecular weight excluding hydrogens is 376 g/mol. The average Bonchev–Trinajstić information content (AvgIpc) is 3.16. The van der Waals surface area contributed by atoms with Crippen molar-refractivity contribution in [3.8, 4) is 17.1 Å². The summed E-state index contributed by atoms with van der Waals surface area (Å²) in [5.74, 6) is 1.66. The lowest BCUT2D eigenvalue weighted by atomic mass is 10.1. The average molecular weight is 394 g/mol. The van der Waals surface area contributed by atoms with E-state index in [-0.39, 0.29) is 5.91 Å². The predicted octanol–water partition coefficient (Wildman–Crippen LogP) is 4.03. The molecule has 4 rings (SSSR count). The van der Waals surface area contributed by atoms with E-state index in [2.05, 4.69) is 15.2 Å². The maximum atomic E-state index is 12.5. The van der Waals surface area contributed by atoms with E-state index in [1.165, 1.54) is 18.7 Å². The smallest absolute Gasteiger partial charge is 0.247 e. The molecule has 1 atom stereocenters. The zero-order chi connectivity index (χ0) is 19.5. The molecule has 0 radical (unpaired) electrons. The van der Waals surface area contributed by atoms with Gasteiger partial charge in [0.15, 0.2) is 5.69 Å². The summed E-state index contributed by atoms with van der Waals surface area (Å²) in [4.78, 5) is 18.6. The highest BCUT2D eigenvalue weighted by Crippen LogP contribution is 2.39. The predicted molar refractivity (Wildman–Crippen MR) is 107 cm³/mol. The standard InChI is InChI=1S/C20H18N4O3S/c1-3-28-20-21-19-18(22-23-20)15-8-4-5-9-16(15)24(13(2)25)17(27-19)11-10-14-7-6-12-26-14/h4-12,17H,3H2,1-2H3/b11-10+. The number of hydrogen-bond donors (Lipinski definition) is 0. The Hall–Kier alpha value is -3.13. The van der Waals surface area contributed by atoms with Gasteiger partial charge in [0.1, 0.15) is 5.76 Å². The van der Waals surface area contributed by atoms with Crippen LogP contribution < -0.4 is 9.64 Å². The van der Waals surface area contributed by atoms with Crippen LogP contribution in [0.1, 0.15) is 19.6 Å². The number of ether oxygens (including phenoxy) is 1. The molecule has 1 aliphatic rings. The minimum absolute atomic E-state index is 0.162. The van der Waals surface area contributed by atoms with E-state index < -0.39 is 6.23 Å². The summed E-state index contributed by atoms with van der Waals surface area (Å²) >= 11 is 1.48. The number of amides is 1. The van der Waals surface area contributed by atoms with Gasteiger partial charge in [-0.15, -0.1) is 10.2 Å². The van der Waals surface area contributed by atoms with Crippen LogP contribution in [-0.2, 0) is 4.79 Å². The first-order valence-corrected chi connectivity index (χ1v) is 9.81. The number of carbonyl (C=O) groups excluding carboxylic acids is 1. The van der Waals surface area contributed by atoms with Crippen LogP contribution in [-0.4, -0.2) is 33.1 Å². The number of aromatic nitrogens is 3. The number of fused-ring (bicyclic) bond motifs is 3. The first kappa shape index (κ1) is 18.2. The van der Waals surface area contributed by atoms with Gasteiger partial charge < -0.3 is 9.15 Å². The molecule has 142 valence electrons. The summed E-state index contributed by atoms with van der Waals surface area (Å²) < 4.78 is 11.5. The molecule has 0 saturated carbocycles. The normalized spacial score (nSPS) is 15.6. The number of nitrogens with zero attached hydrogens (tertiary/aromatic N) is 4. The fraction of sp³-hybridized carbons (Fsp3) is 0.200.